The summed E-state index contributed by atoms with van der Waals surface area (Å²) in [5.41, 5.74) is -0.973. The molecule has 2 N–H and O–H groups in total. The number of carbonyl (C=O) groups is 1. The maximum Gasteiger partial charge on any atom is 0.393 e. The number of likely N-dealkylation sites (tertiary alicyclic amines) is 1. The van der Waals surface area contributed by atoms with Crippen molar-refractivity contribution < 1.29 is 23.1 Å². The van der Waals surface area contributed by atoms with Crippen LogP contribution in [0.5, 0.6) is 0 Å². The summed E-state index contributed by atoms with van der Waals surface area (Å²) in [4.78, 5) is 13.1. The Labute approximate surface area is 123 Å². The molecule has 1 aliphatic rings. The van der Waals surface area contributed by atoms with E-state index in [2.05, 4.69) is 5.32 Å². The molecule has 1 heterocycles. The van der Waals surface area contributed by atoms with Gasteiger partial charge in [0.15, 0.2) is 0 Å². The second kappa shape index (κ2) is 7.45. The minimum Gasteiger partial charge on any atom is -0.480 e. The lowest BCUT2D eigenvalue weighted by molar-refractivity contribution is -0.186. The molecule has 0 aromatic carbocycles. The molecule has 0 saturated carbocycles. The average Bonchev–Trinajstić information content (AvgIpc) is 2.43. The van der Waals surface area contributed by atoms with E-state index < -0.39 is 23.6 Å². The van der Waals surface area contributed by atoms with Gasteiger partial charge < -0.3 is 15.3 Å². The Morgan fingerprint density at radius 3 is 2.57 bits per heavy atom. The Morgan fingerprint density at radius 1 is 1.43 bits per heavy atom. The van der Waals surface area contributed by atoms with E-state index >= 15 is 0 Å². The molecule has 0 aromatic heterocycles. The van der Waals surface area contributed by atoms with E-state index in [1.807, 2.05) is 0 Å². The van der Waals surface area contributed by atoms with Crippen molar-refractivity contribution in [2.24, 2.45) is 5.92 Å². The molecule has 1 fully saturated rings. The number of carboxylic acids is 1. The van der Waals surface area contributed by atoms with Gasteiger partial charge >= 0.3 is 12.1 Å². The smallest absolute Gasteiger partial charge is 0.393 e. The number of likely N-dealkylation sites (N-methyl/N-ethyl adjacent to an activating group) is 1. The second-order valence-corrected chi connectivity index (χ2v) is 5.78. The van der Waals surface area contributed by atoms with Crippen LogP contribution in [-0.4, -0.2) is 54.4 Å². The van der Waals surface area contributed by atoms with Crippen molar-refractivity contribution in [2.45, 2.75) is 50.7 Å². The van der Waals surface area contributed by atoms with Crippen LogP contribution in [0.1, 0.15) is 39.0 Å². The fraction of sp³-hybridized carbons (Fsp3) is 0.929. The van der Waals surface area contributed by atoms with Crippen molar-refractivity contribution in [3.05, 3.63) is 0 Å². The molecule has 2 atom stereocenters. The van der Waals surface area contributed by atoms with Crippen molar-refractivity contribution >= 4 is 5.97 Å². The van der Waals surface area contributed by atoms with Crippen LogP contribution in [0.25, 0.3) is 0 Å². The molecule has 0 radical (unpaired) electrons. The molecule has 1 aliphatic heterocycles. The van der Waals surface area contributed by atoms with Crippen molar-refractivity contribution in [1.82, 2.24) is 10.2 Å². The van der Waals surface area contributed by atoms with E-state index in [-0.39, 0.29) is 13.0 Å². The van der Waals surface area contributed by atoms with Crippen LogP contribution in [0.3, 0.4) is 0 Å². The number of carboxylic acid groups (broad SMARTS) is 1. The molecule has 0 bridgehead atoms. The first kappa shape index (κ1) is 18.2. The first-order chi connectivity index (χ1) is 9.75. The van der Waals surface area contributed by atoms with E-state index in [0.717, 1.165) is 0 Å². The number of nitrogens with zero attached hydrogens (tertiary/aromatic N) is 1. The lowest BCUT2D eigenvalue weighted by atomic mass is 9.90. The number of alkyl halides is 3. The van der Waals surface area contributed by atoms with Crippen molar-refractivity contribution in [2.75, 3.05) is 26.7 Å². The van der Waals surface area contributed by atoms with Gasteiger partial charge in [0.05, 0.1) is 5.92 Å². The van der Waals surface area contributed by atoms with E-state index in [0.29, 0.717) is 38.8 Å². The summed E-state index contributed by atoms with van der Waals surface area (Å²) >= 11 is 0. The zero-order valence-corrected chi connectivity index (χ0v) is 12.7. The number of hydrogen-bond acceptors (Lipinski definition) is 3. The van der Waals surface area contributed by atoms with Crippen LogP contribution in [0.4, 0.5) is 13.2 Å². The first-order valence-corrected chi connectivity index (χ1v) is 7.46. The third-order valence-corrected chi connectivity index (χ3v) is 4.54. The normalized spacial score (nSPS) is 23.8. The van der Waals surface area contributed by atoms with Gasteiger partial charge in [0.2, 0.25) is 0 Å². The highest BCUT2D eigenvalue weighted by atomic mass is 19.4. The molecular weight excluding hydrogens is 285 g/mol. The van der Waals surface area contributed by atoms with Gasteiger partial charge in [-0.15, -0.1) is 0 Å². The van der Waals surface area contributed by atoms with E-state index in [1.165, 1.54) is 0 Å². The number of piperidine rings is 1. The maximum atomic E-state index is 12.7. The molecule has 1 rings (SSSR count). The summed E-state index contributed by atoms with van der Waals surface area (Å²) in [7, 11) is 1.61. The van der Waals surface area contributed by atoms with Gasteiger partial charge in [-0.2, -0.15) is 13.2 Å². The third-order valence-electron chi connectivity index (χ3n) is 4.54. The maximum absolute atomic E-state index is 12.7. The molecule has 0 amide bonds. The highest BCUT2D eigenvalue weighted by Crippen LogP contribution is 2.33. The molecule has 0 aliphatic carbocycles. The molecule has 0 aromatic rings. The topological polar surface area (TPSA) is 52.6 Å². The zero-order valence-electron chi connectivity index (χ0n) is 12.7. The molecule has 21 heavy (non-hydrogen) atoms. The minimum atomic E-state index is -4.13. The van der Waals surface area contributed by atoms with Gasteiger partial charge in [-0.1, -0.05) is 6.92 Å². The minimum absolute atomic E-state index is 0.0370. The molecule has 1 saturated heterocycles. The largest absolute Gasteiger partial charge is 0.480 e. The van der Waals surface area contributed by atoms with Gasteiger partial charge in [0.25, 0.3) is 0 Å². The number of rotatable bonds is 7. The molecule has 0 spiro atoms. The predicted octanol–water partition coefficient (Wildman–Crippen LogP) is 2.49. The van der Waals surface area contributed by atoms with Crippen LogP contribution in [0.2, 0.25) is 0 Å². The summed E-state index contributed by atoms with van der Waals surface area (Å²) in [5.74, 6) is -2.15. The highest BCUT2D eigenvalue weighted by Gasteiger charge is 2.41. The SMILES string of the molecule is CCC(CCCN1CCCC(C(F)(F)F)C1)(NC)C(=O)O. The predicted molar refractivity (Wildman–Crippen MR) is 74.2 cm³/mol. The molecule has 7 heteroatoms. The number of halogens is 3. The summed E-state index contributed by atoms with van der Waals surface area (Å²) in [6.07, 6.45) is -1.94. The molecular formula is C14H25F3N2O2. The van der Waals surface area contributed by atoms with Gasteiger partial charge in [0, 0.05) is 6.54 Å². The quantitative estimate of drug-likeness (QED) is 0.758. The Bertz CT molecular complexity index is 344. The van der Waals surface area contributed by atoms with Gasteiger partial charge in [0.1, 0.15) is 5.54 Å². The zero-order chi connectivity index (χ0) is 16.1. The number of aliphatic carboxylic acids is 1. The summed E-state index contributed by atoms with van der Waals surface area (Å²) in [6.45, 7) is 3.02. The van der Waals surface area contributed by atoms with Gasteiger partial charge in [-0.3, -0.25) is 4.79 Å². The van der Waals surface area contributed by atoms with E-state index in [4.69, 9.17) is 0 Å². The summed E-state index contributed by atoms with van der Waals surface area (Å²) in [6, 6.07) is 0. The first-order valence-electron chi connectivity index (χ1n) is 7.46. The van der Waals surface area contributed by atoms with Gasteiger partial charge in [-0.05, 0) is 52.2 Å². The lowest BCUT2D eigenvalue weighted by Crippen LogP contribution is -2.50. The Hall–Kier alpha value is -0.820. The summed E-state index contributed by atoms with van der Waals surface area (Å²) in [5, 5.41) is 12.1. The van der Waals surface area contributed by atoms with Crippen LogP contribution < -0.4 is 5.32 Å². The fourth-order valence-electron chi connectivity index (χ4n) is 2.97. The van der Waals surface area contributed by atoms with Crippen molar-refractivity contribution in [3.63, 3.8) is 0 Å². The van der Waals surface area contributed by atoms with Crippen LogP contribution in [0, 0.1) is 5.92 Å². The molecule has 4 nitrogen and oxygen atoms in total. The van der Waals surface area contributed by atoms with Crippen molar-refractivity contribution in [1.29, 1.82) is 0 Å². The van der Waals surface area contributed by atoms with Crippen LogP contribution in [0.15, 0.2) is 0 Å². The monoisotopic (exact) mass is 310 g/mol. The molecule has 124 valence electrons. The van der Waals surface area contributed by atoms with Gasteiger partial charge in [-0.25, -0.2) is 0 Å². The number of hydrogen-bond donors (Lipinski definition) is 2. The Morgan fingerprint density at radius 2 is 2.10 bits per heavy atom. The standard InChI is InChI=1S/C14H25F3N2O2/c1-3-13(18-2,12(20)21)7-5-9-19-8-4-6-11(10-19)14(15,16)17/h11,18H,3-10H2,1-2H3,(H,20,21). The molecule has 2 unspecified atom stereocenters. The van der Waals surface area contributed by atoms with Crippen LogP contribution in [-0.2, 0) is 4.79 Å². The van der Waals surface area contributed by atoms with E-state index in [9.17, 15) is 23.1 Å². The highest BCUT2D eigenvalue weighted by molar-refractivity contribution is 5.78. The Balaban J connectivity index is 2.46. The van der Waals surface area contributed by atoms with E-state index in [1.54, 1.807) is 18.9 Å². The second-order valence-electron chi connectivity index (χ2n) is 5.78. The lowest BCUT2D eigenvalue weighted by Gasteiger charge is -2.34. The van der Waals surface area contributed by atoms with Crippen molar-refractivity contribution in [3.8, 4) is 0 Å². The summed E-state index contributed by atoms with van der Waals surface area (Å²) < 4.78 is 38.2. The van der Waals surface area contributed by atoms with Crippen LogP contribution >= 0.6 is 0 Å². The number of nitrogens with one attached hydrogen (secondary N) is 1. The third kappa shape index (κ3) is 4.85. The Kier molecular flexibility index (Phi) is 6.46. The average molecular weight is 310 g/mol. The fourth-order valence-corrected chi connectivity index (χ4v) is 2.97.